The Labute approximate surface area is 98.9 Å². The molecule has 0 amide bonds. The van der Waals surface area contributed by atoms with Gasteiger partial charge in [0, 0.05) is 18.8 Å². The van der Waals surface area contributed by atoms with Gasteiger partial charge in [-0.05, 0) is 32.3 Å². The number of piperidine rings is 1. The highest BCUT2D eigenvalue weighted by molar-refractivity contribution is 5.76. The molecule has 3 heterocycles. The molecule has 2 N–H and O–H groups in total. The summed E-state index contributed by atoms with van der Waals surface area (Å²) in [6, 6.07) is 1.83. The van der Waals surface area contributed by atoms with Crippen molar-refractivity contribution in [3.63, 3.8) is 0 Å². The van der Waals surface area contributed by atoms with Gasteiger partial charge in [0.2, 0.25) is 5.95 Å². The summed E-state index contributed by atoms with van der Waals surface area (Å²) >= 11 is 0. The van der Waals surface area contributed by atoms with E-state index in [1.54, 1.807) is 0 Å². The van der Waals surface area contributed by atoms with Crippen LogP contribution in [0.1, 0.15) is 25.0 Å². The predicted molar refractivity (Wildman–Crippen MR) is 67.5 cm³/mol. The molecule has 5 heteroatoms. The highest BCUT2D eigenvalue weighted by atomic mass is 16.1. The fraction of sp³-hybridized carbons (Fsp3) is 0.500. The van der Waals surface area contributed by atoms with E-state index in [9.17, 15) is 4.79 Å². The minimum absolute atomic E-state index is 0.0556. The summed E-state index contributed by atoms with van der Waals surface area (Å²) in [7, 11) is 0. The number of hydrogen-bond donors (Lipinski definition) is 2. The Bertz CT molecular complexity index is 592. The number of nitrogens with one attached hydrogen (secondary N) is 2. The monoisotopic (exact) mass is 232 g/mol. The number of rotatable bonds is 1. The Kier molecular flexibility index (Phi) is 2.39. The lowest BCUT2D eigenvalue weighted by Crippen LogP contribution is -2.32. The largest absolute Gasteiger partial charge is 0.343 e. The third kappa shape index (κ3) is 1.81. The Morgan fingerprint density at radius 2 is 2.00 bits per heavy atom. The van der Waals surface area contributed by atoms with Crippen LogP contribution in [0.3, 0.4) is 0 Å². The average molecular weight is 232 g/mol. The van der Waals surface area contributed by atoms with Crippen molar-refractivity contribution in [1.29, 1.82) is 0 Å². The van der Waals surface area contributed by atoms with Gasteiger partial charge in [-0.15, -0.1) is 0 Å². The topological polar surface area (TPSA) is 64.8 Å². The maximum atomic E-state index is 11.9. The molecule has 0 spiro atoms. The van der Waals surface area contributed by atoms with E-state index in [1.807, 2.05) is 13.0 Å². The molecule has 3 rings (SSSR count). The van der Waals surface area contributed by atoms with Crippen LogP contribution < -0.4 is 10.5 Å². The first-order valence-corrected chi connectivity index (χ1v) is 6.08. The van der Waals surface area contributed by atoms with Crippen LogP contribution in [0.15, 0.2) is 10.9 Å². The van der Waals surface area contributed by atoms with Gasteiger partial charge in [-0.25, -0.2) is 0 Å². The molecule has 0 radical (unpaired) electrons. The van der Waals surface area contributed by atoms with Crippen molar-refractivity contribution in [3.05, 3.63) is 22.1 Å². The number of aryl methyl sites for hydroxylation is 1. The maximum Gasteiger partial charge on any atom is 0.261 e. The predicted octanol–water partition coefficient (Wildman–Crippen LogP) is 1.55. The lowest BCUT2D eigenvalue weighted by molar-refractivity contribution is 0.568. The maximum absolute atomic E-state index is 11.9. The molecule has 2 aromatic rings. The number of aromatic amines is 2. The van der Waals surface area contributed by atoms with Crippen molar-refractivity contribution in [2.24, 2.45) is 0 Å². The zero-order valence-electron chi connectivity index (χ0n) is 9.92. The molecule has 0 atom stereocenters. The standard InChI is InChI=1S/C12H16N4O/c1-8-7-9-10(13-8)14-12(15-11(9)17)16-5-3-2-4-6-16/h7H,2-6H2,1H3,(H2,13,14,15,17). The number of anilines is 1. The number of H-pyrrole nitrogens is 2. The van der Waals surface area contributed by atoms with Crippen LogP contribution >= 0.6 is 0 Å². The van der Waals surface area contributed by atoms with E-state index in [0.717, 1.165) is 18.8 Å². The number of fused-ring (bicyclic) bond motifs is 1. The van der Waals surface area contributed by atoms with Gasteiger partial charge in [-0.1, -0.05) is 0 Å². The van der Waals surface area contributed by atoms with Gasteiger partial charge in [0.15, 0.2) is 0 Å². The summed E-state index contributed by atoms with van der Waals surface area (Å²) in [6.07, 6.45) is 3.61. The van der Waals surface area contributed by atoms with E-state index >= 15 is 0 Å². The summed E-state index contributed by atoms with van der Waals surface area (Å²) in [5.41, 5.74) is 1.60. The van der Waals surface area contributed by atoms with Crippen LogP contribution in [-0.4, -0.2) is 28.0 Å². The lowest BCUT2D eigenvalue weighted by atomic mass is 10.1. The third-order valence-corrected chi connectivity index (χ3v) is 3.27. The van der Waals surface area contributed by atoms with Crippen LogP contribution in [0, 0.1) is 6.92 Å². The molecule has 1 saturated heterocycles. The summed E-state index contributed by atoms with van der Waals surface area (Å²) in [6.45, 7) is 3.89. The quantitative estimate of drug-likeness (QED) is 0.784. The van der Waals surface area contributed by atoms with E-state index in [0.29, 0.717) is 17.0 Å². The van der Waals surface area contributed by atoms with Gasteiger partial charge in [0.25, 0.3) is 5.56 Å². The Morgan fingerprint density at radius 1 is 1.24 bits per heavy atom. The Hall–Kier alpha value is -1.78. The summed E-state index contributed by atoms with van der Waals surface area (Å²) < 4.78 is 0. The molecule has 2 aromatic heterocycles. The SMILES string of the molecule is Cc1cc2c(=O)[nH]c(N3CCCCC3)nc2[nH]1. The minimum Gasteiger partial charge on any atom is -0.343 e. The van der Waals surface area contributed by atoms with Gasteiger partial charge >= 0.3 is 0 Å². The smallest absolute Gasteiger partial charge is 0.261 e. The number of hydrogen-bond acceptors (Lipinski definition) is 3. The van der Waals surface area contributed by atoms with Crippen LogP contribution in [0.4, 0.5) is 5.95 Å². The highest BCUT2D eigenvalue weighted by Gasteiger charge is 2.15. The molecule has 90 valence electrons. The summed E-state index contributed by atoms with van der Waals surface area (Å²) in [5.74, 6) is 0.698. The van der Waals surface area contributed by atoms with Crippen LogP contribution in [0.25, 0.3) is 11.0 Å². The average Bonchev–Trinajstić information content (AvgIpc) is 2.71. The van der Waals surface area contributed by atoms with Crippen molar-refractivity contribution in [1.82, 2.24) is 15.0 Å². The first-order valence-electron chi connectivity index (χ1n) is 6.08. The van der Waals surface area contributed by atoms with Crippen LogP contribution in [0.2, 0.25) is 0 Å². The zero-order chi connectivity index (χ0) is 11.8. The van der Waals surface area contributed by atoms with Crippen molar-refractivity contribution in [2.45, 2.75) is 26.2 Å². The molecule has 0 aliphatic carbocycles. The molecule has 0 bridgehead atoms. The van der Waals surface area contributed by atoms with Crippen molar-refractivity contribution >= 4 is 17.0 Å². The molecular formula is C12H16N4O. The molecule has 5 nitrogen and oxygen atoms in total. The van der Waals surface area contributed by atoms with Gasteiger partial charge in [-0.3, -0.25) is 9.78 Å². The molecule has 0 aromatic carbocycles. The number of nitrogens with zero attached hydrogens (tertiary/aromatic N) is 2. The molecule has 1 aliphatic heterocycles. The van der Waals surface area contributed by atoms with Gasteiger partial charge in [-0.2, -0.15) is 4.98 Å². The van der Waals surface area contributed by atoms with E-state index in [-0.39, 0.29) is 5.56 Å². The Balaban J connectivity index is 2.08. The van der Waals surface area contributed by atoms with Crippen molar-refractivity contribution < 1.29 is 0 Å². The molecule has 1 aliphatic rings. The third-order valence-electron chi connectivity index (χ3n) is 3.27. The highest BCUT2D eigenvalue weighted by Crippen LogP contribution is 2.16. The summed E-state index contributed by atoms with van der Waals surface area (Å²) in [5, 5.41) is 0.642. The lowest BCUT2D eigenvalue weighted by Gasteiger charge is -2.26. The normalized spacial score (nSPS) is 16.6. The second-order valence-corrected chi connectivity index (χ2v) is 4.65. The zero-order valence-corrected chi connectivity index (χ0v) is 9.92. The second kappa shape index (κ2) is 3.91. The second-order valence-electron chi connectivity index (χ2n) is 4.65. The molecule has 1 fully saturated rings. The van der Waals surface area contributed by atoms with Crippen LogP contribution in [-0.2, 0) is 0 Å². The van der Waals surface area contributed by atoms with Gasteiger partial charge in [0.1, 0.15) is 5.65 Å². The van der Waals surface area contributed by atoms with E-state index in [1.165, 1.54) is 19.3 Å². The minimum atomic E-state index is -0.0556. The fourth-order valence-electron chi connectivity index (χ4n) is 2.39. The molecule has 0 saturated carbocycles. The molecule has 0 unspecified atom stereocenters. The van der Waals surface area contributed by atoms with Gasteiger partial charge in [0.05, 0.1) is 5.39 Å². The van der Waals surface area contributed by atoms with Crippen molar-refractivity contribution in [3.8, 4) is 0 Å². The molecule has 17 heavy (non-hydrogen) atoms. The number of aromatic nitrogens is 3. The van der Waals surface area contributed by atoms with Gasteiger partial charge < -0.3 is 9.88 Å². The van der Waals surface area contributed by atoms with E-state index in [4.69, 9.17) is 0 Å². The van der Waals surface area contributed by atoms with E-state index < -0.39 is 0 Å². The van der Waals surface area contributed by atoms with Crippen molar-refractivity contribution in [2.75, 3.05) is 18.0 Å². The molecular weight excluding hydrogens is 216 g/mol. The Morgan fingerprint density at radius 3 is 2.76 bits per heavy atom. The van der Waals surface area contributed by atoms with Crippen LogP contribution in [0.5, 0.6) is 0 Å². The first-order chi connectivity index (χ1) is 8.24. The fourth-order valence-corrected chi connectivity index (χ4v) is 2.39. The van der Waals surface area contributed by atoms with E-state index in [2.05, 4.69) is 19.9 Å². The summed E-state index contributed by atoms with van der Waals surface area (Å²) in [4.78, 5) is 24.6. The first kappa shape index (κ1) is 10.4.